The van der Waals surface area contributed by atoms with Gasteiger partial charge in [-0.1, -0.05) is 65.2 Å². The summed E-state index contributed by atoms with van der Waals surface area (Å²) in [7, 11) is -3.61. The van der Waals surface area contributed by atoms with Crippen LogP contribution >= 0.6 is 19.4 Å². The van der Waals surface area contributed by atoms with Gasteiger partial charge in [-0.2, -0.15) is 11.8 Å². The van der Waals surface area contributed by atoms with Gasteiger partial charge in [0, 0.05) is 11.0 Å². The Morgan fingerprint density at radius 3 is 1.78 bits per heavy atom. The minimum absolute atomic E-state index is 0.263. The second-order valence-corrected chi connectivity index (χ2v) is 12.2. The second-order valence-electron chi connectivity index (χ2n) is 8.41. The molecule has 164 valence electrons. The maximum atomic E-state index is 13.2. The minimum Gasteiger partial charge on any atom is -0.377 e. The van der Waals surface area contributed by atoms with Crippen LogP contribution in [0.2, 0.25) is 0 Å². The van der Waals surface area contributed by atoms with E-state index in [1.165, 1.54) is 51.4 Å². The molecule has 0 amide bonds. The maximum absolute atomic E-state index is 13.2. The number of hydrogen-bond donors (Lipinski definition) is 1. The molecular weight excluding hydrogens is 379 g/mol. The first-order chi connectivity index (χ1) is 12.5. The monoisotopic (exact) mass is 424 g/mol. The summed E-state index contributed by atoms with van der Waals surface area (Å²) in [4.78, 5) is 0. The average molecular weight is 425 g/mol. The summed E-state index contributed by atoms with van der Waals surface area (Å²) in [6.07, 6.45) is 11.1. The third kappa shape index (κ3) is 12.6. The molecule has 0 aliphatic heterocycles. The van der Waals surface area contributed by atoms with E-state index in [4.69, 9.17) is 9.05 Å². The van der Waals surface area contributed by atoms with Crippen molar-refractivity contribution in [3.8, 4) is 0 Å². The van der Waals surface area contributed by atoms with Crippen LogP contribution in [0.4, 0.5) is 0 Å². The molecule has 2 atom stereocenters. The van der Waals surface area contributed by atoms with Gasteiger partial charge < -0.3 is 14.2 Å². The third-order valence-corrected chi connectivity index (χ3v) is 8.88. The Morgan fingerprint density at radius 2 is 1.33 bits per heavy atom. The zero-order valence-electron chi connectivity index (χ0n) is 18.8. The topological polar surface area (TPSA) is 55.8 Å². The molecule has 4 nitrogen and oxygen atoms in total. The van der Waals surface area contributed by atoms with Gasteiger partial charge in [0.15, 0.2) is 5.34 Å². The normalized spacial score (nSPS) is 16.1. The van der Waals surface area contributed by atoms with Crippen molar-refractivity contribution in [1.82, 2.24) is 0 Å². The molecule has 0 rings (SSSR count). The first kappa shape index (κ1) is 27.5. The van der Waals surface area contributed by atoms with Crippen LogP contribution in [-0.4, -0.2) is 33.7 Å². The predicted molar refractivity (Wildman–Crippen MR) is 120 cm³/mol. The summed E-state index contributed by atoms with van der Waals surface area (Å²) >= 11 is 1.66. The molecule has 0 spiro atoms. The zero-order valence-corrected chi connectivity index (χ0v) is 20.5. The fourth-order valence-corrected chi connectivity index (χ4v) is 6.24. The van der Waals surface area contributed by atoms with Crippen LogP contribution in [0.1, 0.15) is 106 Å². The van der Waals surface area contributed by atoms with E-state index in [1.807, 2.05) is 27.7 Å². The van der Waals surface area contributed by atoms with Gasteiger partial charge in [0.25, 0.3) is 0 Å². The smallest absolute Gasteiger partial charge is 0.362 e. The molecule has 0 aromatic rings. The molecule has 0 aliphatic carbocycles. The van der Waals surface area contributed by atoms with Crippen LogP contribution in [0.3, 0.4) is 0 Å². The summed E-state index contributed by atoms with van der Waals surface area (Å²) in [5.41, 5.74) is 0. The van der Waals surface area contributed by atoms with E-state index in [9.17, 15) is 9.67 Å². The molecule has 0 aliphatic rings. The van der Waals surface area contributed by atoms with Crippen molar-refractivity contribution in [3.05, 3.63) is 0 Å². The molecule has 0 bridgehead atoms. The average Bonchev–Trinajstić information content (AvgIpc) is 2.53. The van der Waals surface area contributed by atoms with Crippen molar-refractivity contribution in [1.29, 1.82) is 0 Å². The molecule has 0 fully saturated rings. The highest BCUT2D eigenvalue weighted by Crippen LogP contribution is 2.61. The van der Waals surface area contributed by atoms with Crippen molar-refractivity contribution in [2.45, 2.75) is 129 Å². The Morgan fingerprint density at radius 1 is 0.889 bits per heavy atom. The number of hydrogen-bond acceptors (Lipinski definition) is 5. The Labute approximate surface area is 173 Å². The lowest BCUT2D eigenvalue weighted by Crippen LogP contribution is -2.32. The molecule has 6 heteroatoms. The van der Waals surface area contributed by atoms with Crippen LogP contribution in [0.15, 0.2) is 0 Å². The van der Waals surface area contributed by atoms with Gasteiger partial charge >= 0.3 is 7.60 Å². The number of aliphatic hydroxyl groups is 1. The predicted octanol–water partition coefficient (Wildman–Crippen LogP) is 7.39. The molecule has 27 heavy (non-hydrogen) atoms. The molecular formula is C21H45O4PS. The third-order valence-electron chi connectivity index (χ3n) is 4.39. The van der Waals surface area contributed by atoms with E-state index in [2.05, 4.69) is 13.8 Å². The van der Waals surface area contributed by atoms with Crippen molar-refractivity contribution in [3.63, 3.8) is 0 Å². The molecule has 1 N–H and O–H groups in total. The van der Waals surface area contributed by atoms with Gasteiger partial charge in [-0.3, -0.25) is 4.57 Å². The van der Waals surface area contributed by atoms with Gasteiger partial charge in [0.1, 0.15) is 0 Å². The molecule has 0 aromatic heterocycles. The fraction of sp³-hybridized carbons (Fsp3) is 1.00. The van der Waals surface area contributed by atoms with E-state index in [0.717, 1.165) is 6.42 Å². The zero-order chi connectivity index (χ0) is 20.9. The number of thioether (sulfide) groups is 1. The molecule has 0 heterocycles. The van der Waals surface area contributed by atoms with E-state index in [1.54, 1.807) is 18.7 Å². The van der Waals surface area contributed by atoms with E-state index < -0.39 is 12.9 Å². The summed E-state index contributed by atoms with van der Waals surface area (Å²) in [5.74, 6) is 0.349. The van der Waals surface area contributed by atoms with Gasteiger partial charge in [0.2, 0.25) is 0 Å². The lowest BCUT2D eigenvalue weighted by molar-refractivity contribution is 0.0672. The van der Waals surface area contributed by atoms with Crippen LogP contribution < -0.4 is 0 Å². The van der Waals surface area contributed by atoms with Crippen molar-refractivity contribution >= 4 is 19.4 Å². The van der Waals surface area contributed by atoms with Gasteiger partial charge in [-0.05, 0) is 41.0 Å². The highest BCUT2D eigenvalue weighted by Gasteiger charge is 2.47. The highest BCUT2D eigenvalue weighted by molar-refractivity contribution is 8.00. The minimum atomic E-state index is -3.61. The lowest BCUT2D eigenvalue weighted by atomic mass is 10.1. The second kappa shape index (κ2) is 14.4. The van der Waals surface area contributed by atoms with E-state index in [0.29, 0.717) is 11.0 Å². The molecule has 2 unspecified atom stereocenters. The lowest BCUT2D eigenvalue weighted by Gasteiger charge is -2.34. The highest BCUT2D eigenvalue weighted by atomic mass is 32.2. The van der Waals surface area contributed by atoms with Crippen LogP contribution in [0.5, 0.6) is 0 Å². The van der Waals surface area contributed by atoms with Crippen LogP contribution in [0, 0.1) is 0 Å². The quantitative estimate of drug-likeness (QED) is 0.195. The Bertz CT molecular complexity index is 399. The standard InChI is InChI=1S/C21H45O4PS/c1-8-9-10-11-12-13-14-15-16-20(6)27-17-21(7,22)26(23,24-18(2)3)25-19(4)5/h18-20,22H,8-17H2,1-7H3. The van der Waals surface area contributed by atoms with E-state index >= 15 is 0 Å². The van der Waals surface area contributed by atoms with Crippen molar-refractivity contribution in [2.75, 3.05) is 5.75 Å². The molecule has 0 saturated carbocycles. The maximum Gasteiger partial charge on any atom is 0.362 e. The van der Waals surface area contributed by atoms with Gasteiger partial charge in [0.05, 0.1) is 12.2 Å². The Hall–Kier alpha value is 0.460. The Kier molecular flexibility index (Phi) is 14.7. The molecule has 0 saturated heterocycles. The van der Waals surface area contributed by atoms with Crippen molar-refractivity contribution in [2.24, 2.45) is 0 Å². The van der Waals surface area contributed by atoms with Crippen molar-refractivity contribution < 1.29 is 18.7 Å². The first-order valence-corrected chi connectivity index (χ1v) is 13.4. The first-order valence-electron chi connectivity index (χ1n) is 10.8. The fourth-order valence-electron chi connectivity index (χ4n) is 2.84. The SMILES string of the molecule is CCCCCCCCCCC(C)SCC(C)(O)P(=O)(OC(C)C)OC(C)C. The molecule has 0 aromatic carbocycles. The summed E-state index contributed by atoms with van der Waals surface area (Å²) in [5, 5.41) is 9.79. The van der Waals surface area contributed by atoms with Crippen LogP contribution in [-0.2, 0) is 13.6 Å². The van der Waals surface area contributed by atoms with E-state index in [-0.39, 0.29) is 12.2 Å². The van der Waals surface area contributed by atoms with Crippen LogP contribution in [0.25, 0.3) is 0 Å². The largest absolute Gasteiger partial charge is 0.377 e. The molecule has 0 radical (unpaired) electrons. The summed E-state index contributed by atoms with van der Waals surface area (Å²) in [6.45, 7) is 13.2. The summed E-state index contributed by atoms with van der Waals surface area (Å²) in [6, 6.07) is 0. The number of unbranched alkanes of at least 4 members (excludes halogenated alkanes) is 7. The number of rotatable bonds is 17. The summed E-state index contributed by atoms with van der Waals surface area (Å²) < 4.78 is 24.3. The van der Waals surface area contributed by atoms with Gasteiger partial charge in [-0.25, -0.2) is 0 Å². The van der Waals surface area contributed by atoms with Gasteiger partial charge in [-0.15, -0.1) is 0 Å². The Balaban J connectivity index is 4.26.